The molecule has 0 aliphatic rings. The van der Waals surface area contributed by atoms with E-state index in [0.29, 0.717) is 39.2 Å². The SMILES string of the molecule is COc1ccccc1-c1ccc(/C=C(/NC(=O)c2ccccc2)C(=O)Nc2ccc(S[C@H](C(=O)Nc3ccc(Cl)cc3)c3ccccc3)cc2)o1. The highest BCUT2D eigenvalue weighted by Gasteiger charge is 2.23. The maximum Gasteiger partial charge on any atom is 0.272 e. The van der Waals surface area contributed by atoms with Crippen LogP contribution in [0, 0.1) is 0 Å². The van der Waals surface area contributed by atoms with E-state index in [2.05, 4.69) is 16.0 Å². The van der Waals surface area contributed by atoms with Crippen LogP contribution < -0.4 is 20.7 Å². The molecule has 1 aromatic heterocycles. The average molecular weight is 714 g/mol. The van der Waals surface area contributed by atoms with Gasteiger partial charge in [-0.2, -0.15) is 0 Å². The number of para-hydroxylation sites is 1. The molecule has 10 heteroatoms. The quantitative estimate of drug-likeness (QED) is 0.0861. The van der Waals surface area contributed by atoms with Crippen LogP contribution >= 0.6 is 23.4 Å². The second kappa shape index (κ2) is 16.6. The molecule has 3 amide bonds. The molecule has 0 aliphatic carbocycles. The molecule has 254 valence electrons. The van der Waals surface area contributed by atoms with Crippen molar-refractivity contribution in [1.29, 1.82) is 0 Å². The predicted molar refractivity (Wildman–Crippen MR) is 203 cm³/mol. The summed E-state index contributed by atoms with van der Waals surface area (Å²) in [6.45, 7) is 0. The van der Waals surface area contributed by atoms with E-state index in [9.17, 15) is 14.4 Å². The third kappa shape index (κ3) is 9.16. The van der Waals surface area contributed by atoms with Gasteiger partial charge in [0.05, 0.1) is 12.7 Å². The first-order chi connectivity index (χ1) is 24.9. The molecule has 0 unspecified atom stereocenters. The number of halogens is 1. The summed E-state index contributed by atoms with van der Waals surface area (Å²) in [6, 6.07) is 43.1. The van der Waals surface area contributed by atoms with E-state index in [1.807, 2.05) is 66.7 Å². The van der Waals surface area contributed by atoms with Gasteiger partial charge in [0.2, 0.25) is 5.91 Å². The van der Waals surface area contributed by atoms with Gasteiger partial charge in [0.25, 0.3) is 11.8 Å². The smallest absolute Gasteiger partial charge is 0.272 e. The Bertz CT molecular complexity index is 2150. The Hall–Kier alpha value is -6.03. The number of rotatable bonds is 12. The minimum atomic E-state index is -0.556. The first kappa shape index (κ1) is 34.8. The summed E-state index contributed by atoms with van der Waals surface area (Å²) < 4.78 is 11.5. The fourth-order valence-corrected chi connectivity index (χ4v) is 6.25. The molecule has 0 saturated carbocycles. The zero-order chi connectivity index (χ0) is 35.6. The van der Waals surface area contributed by atoms with Gasteiger partial charge in [0.1, 0.15) is 28.2 Å². The fourth-order valence-electron chi connectivity index (χ4n) is 5.10. The van der Waals surface area contributed by atoms with E-state index in [1.54, 1.807) is 86.0 Å². The third-order valence-corrected chi connectivity index (χ3v) is 9.15. The van der Waals surface area contributed by atoms with Crippen LogP contribution in [0.3, 0.4) is 0 Å². The zero-order valence-electron chi connectivity index (χ0n) is 27.3. The highest BCUT2D eigenvalue weighted by Crippen LogP contribution is 2.37. The molecule has 6 aromatic rings. The highest BCUT2D eigenvalue weighted by molar-refractivity contribution is 8.00. The summed E-state index contributed by atoms with van der Waals surface area (Å²) >= 11 is 7.39. The summed E-state index contributed by atoms with van der Waals surface area (Å²) in [5.41, 5.74) is 3.07. The van der Waals surface area contributed by atoms with Gasteiger partial charge in [-0.15, -0.1) is 11.8 Å². The second-order valence-electron chi connectivity index (χ2n) is 11.2. The van der Waals surface area contributed by atoms with Crippen molar-refractivity contribution in [2.45, 2.75) is 10.1 Å². The van der Waals surface area contributed by atoms with E-state index in [-0.39, 0.29) is 11.6 Å². The van der Waals surface area contributed by atoms with Crippen LogP contribution in [0.15, 0.2) is 161 Å². The van der Waals surface area contributed by atoms with Gasteiger partial charge in [-0.25, -0.2) is 0 Å². The molecule has 0 fully saturated rings. The Labute approximate surface area is 304 Å². The number of ether oxygens (including phenoxy) is 1. The van der Waals surface area contributed by atoms with E-state index >= 15 is 0 Å². The largest absolute Gasteiger partial charge is 0.496 e. The van der Waals surface area contributed by atoms with Crippen molar-refractivity contribution in [3.8, 4) is 17.1 Å². The number of carbonyl (C=O) groups is 3. The normalized spacial score (nSPS) is 11.7. The first-order valence-electron chi connectivity index (χ1n) is 15.9. The van der Waals surface area contributed by atoms with E-state index in [4.69, 9.17) is 20.8 Å². The molecule has 0 aliphatic heterocycles. The zero-order valence-corrected chi connectivity index (χ0v) is 28.9. The van der Waals surface area contributed by atoms with E-state index < -0.39 is 17.1 Å². The number of anilines is 2. The average Bonchev–Trinajstić information content (AvgIpc) is 3.64. The van der Waals surface area contributed by atoms with Crippen LogP contribution in [0.4, 0.5) is 11.4 Å². The topological polar surface area (TPSA) is 110 Å². The van der Waals surface area contributed by atoms with Gasteiger partial charge in [-0.05, 0) is 90.5 Å². The van der Waals surface area contributed by atoms with Crippen LogP contribution in [0.2, 0.25) is 5.02 Å². The lowest BCUT2D eigenvalue weighted by atomic mass is 10.1. The van der Waals surface area contributed by atoms with Crippen molar-refractivity contribution in [2.24, 2.45) is 0 Å². The van der Waals surface area contributed by atoms with Crippen LogP contribution in [0.5, 0.6) is 5.75 Å². The van der Waals surface area contributed by atoms with Crippen LogP contribution in [-0.4, -0.2) is 24.8 Å². The summed E-state index contributed by atoms with van der Waals surface area (Å²) in [6.07, 6.45) is 1.48. The number of thioether (sulfide) groups is 1. The summed E-state index contributed by atoms with van der Waals surface area (Å²) in [5, 5.41) is 8.59. The molecule has 5 aromatic carbocycles. The number of methoxy groups -OCH3 is 1. The number of furan rings is 1. The van der Waals surface area contributed by atoms with E-state index in [1.165, 1.54) is 17.8 Å². The Morgan fingerprint density at radius 2 is 1.35 bits per heavy atom. The Kier molecular flexibility index (Phi) is 11.3. The number of amides is 3. The molecular formula is C41H32ClN3O5S. The molecule has 0 spiro atoms. The van der Waals surface area contributed by atoms with Crippen LogP contribution in [-0.2, 0) is 9.59 Å². The molecule has 3 N–H and O–H groups in total. The van der Waals surface area contributed by atoms with Crippen molar-refractivity contribution >= 4 is 58.5 Å². The fraction of sp³-hybridized carbons (Fsp3) is 0.0488. The minimum Gasteiger partial charge on any atom is -0.496 e. The van der Waals surface area contributed by atoms with Gasteiger partial charge in [-0.1, -0.05) is 72.3 Å². The summed E-state index contributed by atoms with van der Waals surface area (Å²) in [5.74, 6) is 0.323. The van der Waals surface area contributed by atoms with Crippen molar-refractivity contribution < 1.29 is 23.5 Å². The van der Waals surface area contributed by atoms with E-state index in [0.717, 1.165) is 16.0 Å². The molecular weight excluding hydrogens is 682 g/mol. The molecule has 0 radical (unpaired) electrons. The Morgan fingerprint density at radius 3 is 2.06 bits per heavy atom. The Balaban J connectivity index is 1.21. The standard InChI is InChI=1S/C41H32ClN3O5S/c1-49-36-15-9-8-14-34(36)37-25-22-32(50-37)26-35(45-39(46)28-12-6-3-7-13-28)40(47)43-31-20-23-33(24-21-31)51-38(27-10-4-2-5-11-27)41(48)44-30-18-16-29(42)17-19-30/h2-26,38H,1H3,(H,43,47)(H,44,48)(H,45,46)/b35-26+/t38-/m0/s1. The maximum atomic E-state index is 13.7. The van der Waals surface area contributed by atoms with Crippen molar-refractivity contribution in [1.82, 2.24) is 5.32 Å². The lowest BCUT2D eigenvalue weighted by Gasteiger charge is -2.17. The Morgan fingerprint density at radius 1 is 0.725 bits per heavy atom. The number of hydrogen-bond acceptors (Lipinski definition) is 6. The highest BCUT2D eigenvalue weighted by atomic mass is 35.5. The van der Waals surface area contributed by atoms with Gasteiger partial charge in [0.15, 0.2) is 0 Å². The number of benzene rings is 5. The lowest BCUT2D eigenvalue weighted by Crippen LogP contribution is -2.30. The van der Waals surface area contributed by atoms with Gasteiger partial charge in [-0.3, -0.25) is 14.4 Å². The van der Waals surface area contributed by atoms with Crippen molar-refractivity contribution in [3.05, 3.63) is 173 Å². The first-order valence-corrected chi connectivity index (χ1v) is 17.1. The summed E-state index contributed by atoms with van der Waals surface area (Å²) in [7, 11) is 1.58. The summed E-state index contributed by atoms with van der Waals surface area (Å²) in [4.78, 5) is 41.1. The molecule has 1 atom stereocenters. The van der Waals surface area contributed by atoms with Crippen LogP contribution in [0.1, 0.15) is 26.9 Å². The second-order valence-corrected chi connectivity index (χ2v) is 12.8. The third-order valence-electron chi connectivity index (χ3n) is 7.63. The molecule has 1 heterocycles. The minimum absolute atomic E-state index is 0.0220. The number of hydrogen-bond donors (Lipinski definition) is 3. The van der Waals surface area contributed by atoms with Gasteiger partial charge < -0.3 is 25.1 Å². The number of carbonyl (C=O) groups excluding carboxylic acids is 3. The van der Waals surface area contributed by atoms with Crippen LogP contribution in [0.25, 0.3) is 17.4 Å². The molecule has 6 rings (SSSR count). The van der Waals surface area contributed by atoms with Crippen molar-refractivity contribution in [3.63, 3.8) is 0 Å². The lowest BCUT2D eigenvalue weighted by molar-refractivity contribution is -0.116. The predicted octanol–water partition coefficient (Wildman–Crippen LogP) is 9.49. The molecule has 0 saturated heterocycles. The molecule has 51 heavy (non-hydrogen) atoms. The van der Waals surface area contributed by atoms with Crippen molar-refractivity contribution in [2.75, 3.05) is 17.7 Å². The maximum absolute atomic E-state index is 13.7. The van der Waals surface area contributed by atoms with Gasteiger partial charge in [0, 0.05) is 32.9 Å². The monoisotopic (exact) mass is 713 g/mol. The molecule has 0 bridgehead atoms. The van der Waals surface area contributed by atoms with Gasteiger partial charge >= 0.3 is 0 Å². The molecule has 8 nitrogen and oxygen atoms in total. The number of nitrogens with one attached hydrogen (secondary N) is 3.